The molecule has 0 aliphatic rings. The minimum atomic E-state index is -0.855. The molecule has 0 spiro atoms. The number of carbonyl (C=O) groups is 2. The Balaban J connectivity index is 1.76. The molecule has 0 atom stereocenters. The van der Waals surface area contributed by atoms with Gasteiger partial charge in [0.05, 0.1) is 5.56 Å². The van der Waals surface area contributed by atoms with Crippen LogP contribution in [-0.2, 0) is 11.3 Å². The second kappa shape index (κ2) is 8.04. The average Bonchev–Trinajstić information content (AvgIpc) is 3.00. The normalized spacial score (nSPS) is 10.9. The molecule has 30 heavy (non-hydrogen) atoms. The van der Waals surface area contributed by atoms with Crippen molar-refractivity contribution in [2.75, 3.05) is 5.32 Å². The van der Waals surface area contributed by atoms with Crippen molar-refractivity contribution in [3.8, 4) is 0 Å². The Bertz CT molecular complexity index is 1250. The third-order valence-corrected chi connectivity index (χ3v) is 5.05. The maximum Gasteiger partial charge on any atom is 0.298 e. The van der Waals surface area contributed by atoms with E-state index in [0.29, 0.717) is 28.2 Å². The Morgan fingerprint density at radius 3 is 2.60 bits per heavy atom. The van der Waals surface area contributed by atoms with E-state index in [1.807, 2.05) is 16.7 Å². The Kier molecular flexibility index (Phi) is 5.29. The van der Waals surface area contributed by atoms with Gasteiger partial charge in [0, 0.05) is 34.4 Å². The summed E-state index contributed by atoms with van der Waals surface area (Å²) in [5.41, 5.74) is 2.33. The Morgan fingerprint density at radius 1 is 1.13 bits per heavy atom. The SMILES string of the molecule is Cc1c(C(=O)C(=O)Nc2ccncn2)c2cc(F)ccc2n1Cc1ccc(Cl)cc1. The van der Waals surface area contributed by atoms with Crippen molar-refractivity contribution in [1.82, 2.24) is 14.5 Å². The fourth-order valence-corrected chi connectivity index (χ4v) is 3.49. The number of hydrogen-bond acceptors (Lipinski definition) is 4. The lowest BCUT2D eigenvalue weighted by atomic mass is 10.1. The van der Waals surface area contributed by atoms with Gasteiger partial charge >= 0.3 is 0 Å². The second-order valence-electron chi connectivity index (χ2n) is 6.71. The minimum Gasteiger partial charge on any atom is -0.340 e. The van der Waals surface area contributed by atoms with Gasteiger partial charge in [0.15, 0.2) is 0 Å². The van der Waals surface area contributed by atoms with Gasteiger partial charge in [0.2, 0.25) is 0 Å². The van der Waals surface area contributed by atoms with Gasteiger partial charge in [-0.3, -0.25) is 9.59 Å². The molecule has 8 heteroatoms. The number of anilines is 1. The molecule has 2 aromatic carbocycles. The van der Waals surface area contributed by atoms with Crippen molar-refractivity contribution >= 4 is 40.0 Å². The van der Waals surface area contributed by atoms with Crippen molar-refractivity contribution in [2.45, 2.75) is 13.5 Å². The third-order valence-electron chi connectivity index (χ3n) is 4.80. The zero-order valence-electron chi connectivity index (χ0n) is 15.9. The van der Waals surface area contributed by atoms with Crippen LogP contribution in [0.2, 0.25) is 5.02 Å². The first kappa shape index (κ1) is 19.7. The van der Waals surface area contributed by atoms with E-state index in [4.69, 9.17) is 11.6 Å². The first-order valence-electron chi connectivity index (χ1n) is 9.08. The molecule has 1 N–H and O–H groups in total. The molecule has 1 amide bonds. The Labute approximate surface area is 176 Å². The van der Waals surface area contributed by atoms with Gasteiger partial charge in [0.25, 0.3) is 11.7 Å². The van der Waals surface area contributed by atoms with Gasteiger partial charge in [-0.15, -0.1) is 0 Å². The van der Waals surface area contributed by atoms with Crippen LogP contribution in [0.1, 0.15) is 21.6 Å². The maximum atomic E-state index is 14.0. The lowest BCUT2D eigenvalue weighted by Crippen LogP contribution is -2.24. The zero-order valence-corrected chi connectivity index (χ0v) is 16.7. The van der Waals surface area contributed by atoms with Crippen molar-refractivity contribution in [2.24, 2.45) is 0 Å². The van der Waals surface area contributed by atoms with Gasteiger partial charge in [-0.25, -0.2) is 14.4 Å². The van der Waals surface area contributed by atoms with E-state index in [2.05, 4.69) is 15.3 Å². The molecule has 0 bridgehead atoms. The van der Waals surface area contributed by atoms with Crippen molar-refractivity contribution in [1.29, 1.82) is 0 Å². The molecule has 0 saturated carbocycles. The molecule has 0 aliphatic heterocycles. The summed E-state index contributed by atoms with van der Waals surface area (Å²) < 4.78 is 15.9. The first-order chi connectivity index (χ1) is 14.4. The number of nitrogens with one attached hydrogen (secondary N) is 1. The molecular weight excluding hydrogens is 407 g/mol. The van der Waals surface area contributed by atoms with Crippen LogP contribution >= 0.6 is 11.6 Å². The van der Waals surface area contributed by atoms with E-state index >= 15 is 0 Å². The summed E-state index contributed by atoms with van der Waals surface area (Å²) in [4.78, 5) is 33.2. The van der Waals surface area contributed by atoms with Crippen molar-refractivity contribution in [3.05, 3.63) is 88.7 Å². The van der Waals surface area contributed by atoms with Crippen LogP contribution in [-0.4, -0.2) is 26.2 Å². The lowest BCUT2D eigenvalue weighted by molar-refractivity contribution is -0.112. The van der Waals surface area contributed by atoms with Crippen LogP contribution < -0.4 is 5.32 Å². The molecule has 6 nitrogen and oxygen atoms in total. The first-order valence-corrected chi connectivity index (χ1v) is 9.46. The molecule has 0 fully saturated rings. The summed E-state index contributed by atoms with van der Waals surface area (Å²) in [6, 6.07) is 13.0. The summed E-state index contributed by atoms with van der Waals surface area (Å²) in [5, 5.41) is 3.45. The number of ketones is 1. The number of rotatable bonds is 5. The Hall–Kier alpha value is -3.58. The number of halogens is 2. The minimum absolute atomic E-state index is 0.157. The number of nitrogens with zero attached hydrogens (tertiary/aromatic N) is 3. The lowest BCUT2D eigenvalue weighted by Gasteiger charge is -2.09. The third kappa shape index (κ3) is 3.79. The molecule has 0 radical (unpaired) electrons. The quantitative estimate of drug-likeness (QED) is 0.382. The fraction of sp³-hybridized carbons (Fsp3) is 0.0909. The van der Waals surface area contributed by atoms with Crippen LogP contribution in [0.5, 0.6) is 0 Å². The number of fused-ring (bicyclic) bond motifs is 1. The van der Waals surface area contributed by atoms with Gasteiger partial charge in [-0.1, -0.05) is 23.7 Å². The number of carbonyl (C=O) groups excluding carboxylic acids is 2. The molecule has 0 aliphatic carbocycles. The summed E-state index contributed by atoms with van der Waals surface area (Å²) in [7, 11) is 0. The van der Waals surface area contributed by atoms with Crippen LogP contribution in [0.15, 0.2) is 61.1 Å². The predicted octanol–water partition coefficient (Wildman–Crippen LogP) is 4.40. The smallest absolute Gasteiger partial charge is 0.298 e. The molecule has 2 heterocycles. The van der Waals surface area contributed by atoms with Gasteiger partial charge in [-0.05, 0) is 48.9 Å². The maximum absolute atomic E-state index is 14.0. The summed E-state index contributed by atoms with van der Waals surface area (Å²) in [5.74, 6) is -1.91. The van der Waals surface area contributed by atoms with E-state index in [1.54, 1.807) is 25.1 Å². The molecule has 0 unspecified atom stereocenters. The van der Waals surface area contributed by atoms with Crippen LogP contribution in [0.25, 0.3) is 10.9 Å². The van der Waals surface area contributed by atoms with Gasteiger partial charge in [-0.2, -0.15) is 0 Å². The van der Waals surface area contributed by atoms with Crippen LogP contribution in [0.3, 0.4) is 0 Å². The highest BCUT2D eigenvalue weighted by Gasteiger charge is 2.26. The van der Waals surface area contributed by atoms with E-state index in [0.717, 1.165) is 5.56 Å². The molecule has 150 valence electrons. The Morgan fingerprint density at radius 2 is 1.90 bits per heavy atom. The van der Waals surface area contributed by atoms with Gasteiger partial charge in [0.1, 0.15) is 18.0 Å². The highest BCUT2D eigenvalue weighted by atomic mass is 35.5. The average molecular weight is 423 g/mol. The van der Waals surface area contributed by atoms with E-state index < -0.39 is 17.5 Å². The molecule has 2 aromatic heterocycles. The fourth-order valence-electron chi connectivity index (χ4n) is 3.37. The predicted molar refractivity (Wildman–Crippen MR) is 112 cm³/mol. The topological polar surface area (TPSA) is 76.9 Å². The van der Waals surface area contributed by atoms with E-state index in [-0.39, 0.29) is 11.4 Å². The van der Waals surface area contributed by atoms with Crippen molar-refractivity contribution in [3.63, 3.8) is 0 Å². The van der Waals surface area contributed by atoms with E-state index in [9.17, 15) is 14.0 Å². The zero-order chi connectivity index (χ0) is 21.3. The number of hydrogen-bond donors (Lipinski definition) is 1. The van der Waals surface area contributed by atoms with E-state index in [1.165, 1.54) is 30.7 Å². The summed E-state index contributed by atoms with van der Waals surface area (Å²) in [6.07, 6.45) is 2.71. The highest BCUT2D eigenvalue weighted by Crippen LogP contribution is 2.28. The summed E-state index contributed by atoms with van der Waals surface area (Å²) in [6.45, 7) is 2.17. The number of amides is 1. The van der Waals surface area contributed by atoms with Gasteiger partial charge < -0.3 is 9.88 Å². The monoisotopic (exact) mass is 422 g/mol. The highest BCUT2D eigenvalue weighted by molar-refractivity contribution is 6.48. The standard InChI is InChI=1S/C22H16ClFN4O2/c1-13-20(21(29)22(30)27-19-8-9-25-12-26-19)17-10-16(24)6-7-18(17)28(13)11-14-2-4-15(23)5-3-14/h2-10,12H,11H2,1H3,(H,25,26,27,30). The molecular formula is C22H16ClFN4O2. The largest absolute Gasteiger partial charge is 0.340 e. The van der Waals surface area contributed by atoms with Crippen LogP contribution in [0, 0.1) is 12.7 Å². The number of benzene rings is 2. The summed E-state index contributed by atoms with van der Waals surface area (Å²) >= 11 is 5.96. The number of aromatic nitrogens is 3. The molecule has 0 saturated heterocycles. The number of Topliss-reactive ketones (excluding diaryl/α,β-unsaturated/α-hetero) is 1. The molecule has 4 aromatic rings. The van der Waals surface area contributed by atoms with Crippen molar-refractivity contribution < 1.29 is 14.0 Å². The second-order valence-corrected chi connectivity index (χ2v) is 7.15. The van der Waals surface area contributed by atoms with Crippen LogP contribution in [0.4, 0.5) is 10.2 Å². The molecule has 4 rings (SSSR count).